The quantitative estimate of drug-likeness (QED) is 0.813. The van der Waals surface area contributed by atoms with Crippen molar-refractivity contribution in [3.8, 4) is 0 Å². The van der Waals surface area contributed by atoms with Crippen molar-refractivity contribution in [2.24, 2.45) is 5.16 Å². The molecule has 0 amide bonds. The lowest BCUT2D eigenvalue weighted by Gasteiger charge is -2.02. The van der Waals surface area contributed by atoms with E-state index in [4.69, 9.17) is 9.57 Å². The van der Waals surface area contributed by atoms with E-state index in [-0.39, 0.29) is 6.29 Å². The normalized spacial score (nSPS) is 20.4. The average Bonchev–Trinajstić information content (AvgIpc) is 2.67. The summed E-state index contributed by atoms with van der Waals surface area (Å²) in [6.45, 7) is 0. The molecule has 0 spiro atoms. The highest BCUT2D eigenvalue weighted by Crippen LogP contribution is 2.16. The van der Waals surface area contributed by atoms with Gasteiger partial charge in [0.1, 0.15) is 5.71 Å². The van der Waals surface area contributed by atoms with Crippen molar-refractivity contribution in [1.29, 1.82) is 0 Å². The minimum atomic E-state index is -0.268. The van der Waals surface area contributed by atoms with Crippen LogP contribution in [0.15, 0.2) is 28.0 Å². The Balaban J connectivity index is 2.13. The fraction of sp³-hybridized carbons (Fsp3) is 0.333. The van der Waals surface area contributed by atoms with Crippen LogP contribution in [0.25, 0.3) is 0 Å². The molecule has 0 aromatic carbocycles. The van der Waals surface area contributed by atoms with Crippen LogP contribution in [0, 0.1) is 0 Å². The highest BCUT2D eigenvalue weighted by atomic mass is 79.9. The van der Waals surface area contributed by atoms with E-state index in [1.165, 1.54) is 0 Å². The number of hydrogen-bond acceptors (Lipinski definition) is 4. The summed E-state index contributed by atoms with van der Waals surface area (Å²) in [5.41, 5.74) is 1.65. The van der Waals surface area contributed by atoms with Gasteiger partial charge in [-0.2, -0.15) is 0 Å². The minimum Gasteiger partial charge on any atom is -0.363 e. The molecule has 0 fully saturated rings. The monoisotopic (exact) mass is 256 g/mol. The van der Waals surface area contributed by atoms with Crippen molar-refractivity contribution in [3.05, 3.63) is 28.5 Å². The van der Waals surface area contributed by atoms with Gasteiger partial charge in [0.25, 0.3) is 0 Å². The number of ether oxygens (including phenoxy) is 1. The Kier molecular flexibility index (Phi) is 2.79. The average molecular weight is 257 g/mol. The van der Waals surface area contributed by atoms with Crippen LogP contribution in [-0.2, 0) is 9.57 Å². The predicted molar refractivity (Wildman–Crippen MR) is 55.0 cm³/mol. The number of hydrogen-bond donors (Lipinski definition) is 0. The van der Waals surface area contributed by atoms with Crippen LogP contribution in [-0.4, -0.2) is 24.1 Å². The molecular formula is C9H9BrN2O2. The Bertz CT molecular complexity index is 350. The summed E-state index contributed by atoms with van der Waals surface area (Å²) in [6, 6.07) is 3.81. The molecule has 1 aromatic rings. The van der Waals surface area contributed by atoms with E-state index in [0.29, 0.717) is 6.42 Å². The Morgan fingerprint density at radius 1 is 1.57 bits per heavy atom. The van der Waals surface area contributed by atoms with Gasteiger partial charge in [-0.1, -0.05) is 5.16 Å². The number of rotatable bonds is 2. The molecule has 0 N–H and O–H groups in total. The molecule has 74 valence electrons. The third-order valence-corrected chi connectivity index (χ3v) is 2.40. The highest BCUT2D eigenvalue weighted by molar-refractivity contribution is 9.10. The first-order valence-corrected chi connectivity index (χ1v) is 4.96. The summed E-state index contributed by atoms with van der Waals surface area (Å²) in [5.74, 6) is 0. The molecule has 4 nitrogen and oxygen atoms in total. The number of pyridine rings is 1. The van der Waals surface area contributed by atoms with Gasteiger partial charge in [-0.15, -0.1) is 0 Å². The van der Waals surface area contributed by atoms with Crippen LogP contribution >= 0.6 is 15.9 Å². The number of halogens is 1. The molecule has 0 unspecified atom stereocenters. The molecule has 2 rings (SSSR count). The third-order valence-electron chi connectivity index (χ3n) is 1.93. The molecule has 2 heterocycles. The number of oxime groups is 1. The first-order valence-electron chi connectivity index (χ1n) is 4.17. The molecule has 0 radical (unpaired) electrons. The largest absolute Gasteiger partial charge is 0.363 e. The van der Waals surface area contributed by atoms with Crippen molar-refractivity contribution < 1.29 is 9.57 Å². The van der Waals surface area contributed by atoms with Gasteiger partial charge in [-0.05, 0) is 28.1 Å². The summed E-state index contributed by atoms with van der Waals surface area (Å²) in [4.78, 5) is 9.23. The molecule has 0 saturated carbocycles. The molecule has 1 aliphatic heterocycles. The SMILES string of the molecule is CO[C@@H]1CC(c2ccc(Br)cn2)=NO1. The van der Waals surface area contributed by atoms with E-state index in [0.717, 1.165) is 15.9 Å². The fourth-order valence-electron chi connectivity index (χ4n) is 1.18. The van der Waals surface area contributed by atoms with Gasteiger partial charge >= 0.3 is 0 Å². The Labute approximate surface area is 90.0 Å². The molecule has 1 aliphatic rings. The van der Waals surface area contributed by atoms with Crippen molar-refractivity contribution in [2.45, 2.75) is 12.7 Å². The van der Waals surface area contributed by atoms with Crippen LogP contribution in [0.4, 0.5) is 0 Å². The number of aromatic nitrogens is 1. The predicted octanol–water partition coefficient (Wildman–Crippen LogP) is 1.94. The van der Waals surface area contributed by atoms with Crippen LogP contribution in [0.1, 0.15) is 12.1 Å². The van der Waals surface area contributed by atoms with Crippen molar-refractivity contribution in [2.75, 3.05) is 7.11 Å². The molecule has 0 bridgehead atoms. The minimum absolute atomic E-state index is 0.268. The molecule has 1 aromatic heterocycles. The van der Waals surface area contributed by atoms with E-state index in [9.17, 15) is 0 Å². The van der Waals surface area contributed by atoms with Gasteiger partial charge in [0.05, 0.1) is 12.1 Å². The van der Waals surface area contributed by atoms with Crippen LogP contribution < -0.4 is 0 Å². The smallest absolute Gasteiger partial charge is 0.232 e. The van der Waals surface area contributed by atoms with Crippen molar-refractivity contribution >= 4 is 21.6 Å². The first-order chi connectivity index (χ1) is 6.79. The highest BCUT2D eigenvalue weighted by Gasteiger charge is 2.21. The third kappa shape index (κ3) is 1.93. The lowest BCUT2D eigenvalue weighted by atomic mass is 10.2. The molecule has 0 aliphatic carbocycles. The maximum Gasteiger partial charge on any atom is 0.232 e. The zero-order valence-electron chi connectivity index (χ0n) is 7.61. The second-order valence-electron chi connectivity index (χ2n) is 2.87. The van der Waals surface area contributed by atoms with Gasteiger partial charge in [-0.25, -0.2) is 0 Å². The van der Waals surface area contributed by atoms with Crippen LogP contribution in [0.5, 0.6) is 0 Å². The molecule has 14 heavy (non-hydrogen) atoms. The Morgan fingerprint density at radius 3 is 3.00 bits per heavy atom. The van der Waals surface area contributed by atoms with E-state index >= 15 is 0 Å². The summed E-state index contributed by atoms with van der Waals surface area (Å²) >= 11 is 3.32. The second kappa shape index (κ2) is 4.06. The van der Waals surface area contributed by atoms with E-state index in [2.05, 4.69) is 26.1 Å². The number of nitrogens with zero attached hydrogens (tertiary/aromatic N) is 2. The van der Waals surface area contributed by atoms with Gasteiger partial charge in [0, 0.05) is 17.8 Å². The van der Waals surface area contributed by atoms with Gasteiger partial charge in [-0.3, -0.25) is 4.98 Å². The van der Waals surface area contributed by atoms with Gasteiger partial charge in [0.2, 0.25) is 6.29 Å². The van der Waals surface area contributed by atoms with E-state index in [1.54, 1.807) is 13.3 Å². The Hall–Kier alpha value is -0.940. The number of methoxy groups -OCH3 is 1. The van der Waals surface area contributed by atoms with Crippen molar-refractivity contribution in [3.63, 3.8) is 0 Å². The summed E-state index contributed by atoms with van der Waals surface area (Å²) < 4.78 is 5.96. The molecule has 5 heteroatoms. The zero-order valence-corrected chi connectivity index (χ0v) is 9.19. The van der Waals surface area contributed by atoms with Gasteiger partial charge in [0.15, 0.2) is 0 Å². The lowest BCUT2D eigenvalue weighted by molar-refractivity contribution is -0.103. The van der Waals surface area contributed by atoms with Crippen LogP contribution in [0.3, 0.4) is 0 Å². The first kappa shape index (κ1) is 9.61. The maximum atomic E-state index is 5.01. The molecular weight excluding hydrogens is 248 g/mol. The summed E-state index contributed by atoms with van der Waals surface area (Å²) in [5, 5.41) is 3.90. The van der Waals surface area contributed by atoms with E-state index < -0.39 is 0 Å². The maximum absolute atomic E-state index is 5.01. The van der Waals surface area contributed by atoms with E-state index in [1.807, 2.05) is 12.1 Å². The van der Waals surface area contributed by atoms with Crippen LogP contribution in [0.2, 0.25) is 0 Å². The summed E-state index contributed by atoms with van der Waals surface area (Å²) in [6.07, 6.45) is 2.11. The standard InChI is InChI=1S/C9H9BrN2O2/c1-13-9-4-8(12-14-9)7-3-2-6(10)5-11-7/h2-3,5,9H,4H2,1H3/t9-/m0/s1. The lowest BCUT2D eigenvalue weighted by Crippen LogP contribution is -2.10. The topological polar surface area (TPSA) is 43.7 Å². The van der Waals surface area contributed by atoms with Crippen molar-refractivity contribution in [1.82, 2.24) is 4.98 Å². The summed E-state index contributed by atoms with van der Waals surface area (Å²) in [7, 11) is 1.60. The fourth-order valence-corrected chi connectivity index (χ4v) is 1.41. The second-order valence-corrected chi connectivity index (χ2v) is 3.79. The van der Waals surface area contributed by atoms with Gasteiger partial charge < -0.3 is 9.57 Å². The Morgan fingerprint density at radius 2 is 2.43 bits per heavy atom. The zero-order chi connectivity index (χ0) is 9.97. The molecule has 1 atom stereocenters. The molecule has 0 saturated heterocycles.